The van der Waals surface area contributed by atoms with E-state index in [4.69, 9.17) is 14.6 Å². The summed E-state index contributed by atoms with van der Waals surface area (Å²) in [5.41, 5.74) is 0.712. The summed E-state index contributed by atoms with van der Waals surface area (Å²) in [7, 11) is 3.14. The molecule has 1 aromatic heterocycles. The van der Waals surface area contributed by atoms with E-state index in [1.165, 1.54) is 4.80 Å². The lowest BCUT2D eigenvalue weighted by Gasteiger charge is -2.08. The summed E-state index contributed by atoms with van der Waals surface area (Å²) in [6.07, 6.45) is 0.382. The summed E-state index contributed by atoms with van der Waals surface area (Å²) >= 11 is 0. The van der Waals surface area contributed by atoms with E-state index in [9.17, 15) is 0 Å². The first-order valence-electron chi connectivity index (χ1n) is 5.40. The number of hydrogen-bond acceptors (Lipinski definition) is 6. The van der Waals surface area contributed by atoms with Gasteiger partial charge in [0.05, 0.1) is 26.5 Å². The second-order valence-electron chi connectivity index (χ2n) is 3.51. The average molecular weight is 250 g/mol. The minimum absolute atomic E-state index is 0.00235. The van der Waals surface area contributed by atoms with Gasteiger partial charge in [-0.1, -0.05) is 0 Å². The fourth-order valence-corrected chi connectivity index (χ4v) is 1.50. The Morgan fingerprint density at radius 3 is 2.67 bits per heavy atom. The molecule has 0 amide bonds. The van der Waals surface area contributed by atoms with Crippen molar-refractivity contribution in [2.75, 3.05) is 20.8 Å². The quantitative estimate of drug-likeness (QED) is 0.817. The Morgan fingerprint density at radius 2 is 2.00 bits per heavy atom. The Kier molecular flexibility index (Phi) is 3.73. The van der Waals surface area contributed by atoms with E-state index in [0.29, 0.717) is 29.4 Å². The summed E-state index contributed by atoms with van der Waals surface area (Å²) in [5.74, 6) is 1.72. The maximum atomic E-state index is 8.80. The fourth-order valence-electron chi connectivity index (χ4n) is 1.50. The minimum Gasteiger partial charge on any atom is -0.493 e. The molecule has 0 fully saturated rings. The van der Waals surface area contributed by atoms with Crippen LogP contribution in [0.5, 0.6) is 11.5 Å². The molecule has 0 bridgehead atoms. The molecule has 0 atom stereocenters. The Hall–Kier alpha value is -2.15. The van der Waals surface area contributed by atoms with Crippen LogP contribution in [-0.2, 0) is 6.42 Å². The van der Waals surface area contributed by atoms with E-state index in [2.05, 4.69) is 15.4 Å². The number of hydrogen-bond donors (Lipinski definition) is 1. The van der Waals surface area contributed by atoms with Crippen LogP contribution in [0, 0.1) is 0 Å². The van der Waals surface area contributed by atoms with Gasteiger partial charge in [0.2, 0.25) is 0 Å². The number of nitrogens with zero attached hydrogens (tertiary/aromatic N) is 4. The predicted octanol–water partition coefficient (Wildman–Crippen LogP) is 0.214. The molecule has 1 heterocycles. The molecule has 0 aliphatic rings. The van der Waals surface area contributed by atoms with E-state index in [1.54, 1.807) is 32.4 Å². The molecule has 7 nitrogen and oxygen atoms in total. The third kappa shape index (κ3) is 2.40. The molecule has 2 rings (SSSR count). The van der Waals surface area contributed by atoms with E-state index in [0.717, 1.165) is 0 Å². The molecule has 96 valence electrons. The smallest absolute Gasteiger partial charge is 0.177 e. The van der Waals surface area contributed by atoms with Crippen LogP contribution < -0.4 is 9.47 Å². The van der Waals surface area contributed by atoms with Gasteiger partial charge >= 0.3 is 0 Å². The van der Waals surface area contributed by atoms with E-state index in [1.807, 2.05) is 0 Å². The highest BCUT2D eigenvalue weighted by molar-refractivity contribution is 5.47. The highest BCUT2D eigenvalue weighted by Gasteiger charge is 2.08. The maximum absolute atomic E-state index is 8.80. The van der Waals surface area contributed by atoms with Crippen LogP contribution in [0.1, 0.15) is 5.82 Å². The lowest BCUT2D eigenvalue weighted by molar-refractivity contribution is 0.296. The first kappa shape index (κ1) is 12.3. The number of rotatable bonds is 5. The molecule has 0 saturated heterocycles. The predicted molar refractivity (Wildman–Crippen MR) is 63.0 cm³/mol. The largest absolute Gasteiger partial charge is 0.493 e. The summed E-state index contributed by atoms with van der Waals surface area (Å²) in [6.45, 7) is -0.00235. The Morgan fingerprint density at radius 1 is 1.22 bits per heavy atom. The SMILES string of the molecule is COc1ccc(-n2nnc(CCO)n2)cc1OC. The molecule has 0 unspecified atom stereocenters. The zero-order chi connectivity index (χ0) is 13.0. The highest BCUT2D eigenvalue weighted by atomic mass is 16.5. The van der Waals surface area contributed by atoms with Crippen molar-refractivity contribution in [3.8, 4) is 17.2 Å². The van der Waals surface area contributed by atoms with Gasteiger partial charge in [0.15, 0.2) is 17.3 Å². The molecule has 0 aliphatic carbocycles. The van der Waals surface area contributed by atoms with Crippen LogP contribution in [0.15, 0.2) is 18.2 Å². The zero-order valence-electron chi connectivity index (χ0n) is 10.2. The van der Waals surface area contributed by atoms with Crippen molar-refractivity contribution in [2.45, 2.75) is 6.42 Å². The molecule has 0 radical (unpaired) electrons. The number of ether oxygens (including phenoxy) is 2. The van der Waals surface area contributed by atoms with Gasteiger partial charge in [-0.05, 0) is 17.3 Å². The van der Waals surface area contributed by atoms with Gasteiger partial charge in [-0.25, -0.2) is 0 Å². The number of methoxy groups -OCH3 is 2. The number of aliphatic hydroxyl groups is 1. The van der Waals surface area contributed by atoms with Crippen molar-refractivity contribution in [3.05, 3.63) is 24.0 Å². The van der Waals surface area contributed by atoms with Crippen LogP contribution in [-0.4, -0.2) is 46.1 Å². The van der Waals surface area contributed by atoms with Gasteiger partial charge in [-0.3, -0.25) is 0 Å². The lowest BCUT2D eigenvalue weighted by Crippen LogP contribution is -2.01. The molecule has 1 N–H and O–H groups in total. The molecule has 0 spiro atoms. The topological polar surface area (TPSA) is 82.3 Å². The van der Waals surface area contributed by atoms with Gasteiger partial charge in [0.1, 0.15) is 0 Å². The second kappa shape index (κ2) is 5.46. The summed E-state index contributed by atoms with van der Waals surface area (Å²) in [6, 6.07) is 5.32. The van der Waals surface area contributed by atoms with Crippen LogP contribution in [0.3, 0.4) is 0 Å². The van der Waals surface area contributed by atoms with Crippen molar-refractivity contribution in [2.24, 2.45) is 0 Å². The van der Waals surface area contributed by atoms with Gasteiger partial charge in [0.25, 0.3) is 0 Å². The summed E-state index contributed by atoms with van der Waals surface area (Å²) in [4.78, 5) is 1.38. The van der Waals surface area contributed by atoms with E-state index in [-0.39, 0.29) is 6.61 Å². The average Bonchev–Trinajstić information content (AvgIpc) is 2.87. The van der Waals surface area contributed by atoms with Crippen molar-refractivity contribution in [3.63, 3.8) is 0 Å². The molecule has 0 saturated carbocycles. The van der Waals surface area contributed by atoms with Crippen molar-refractivity contribution in [1.29, 1.82) is 0 Å². The standard InChI is InChI=1S/C11H14N4O3/c1-17-9-4-3-8(7-10(9)18-2)15-13-11(5-6-16)12-14-15/h3-4,7,16H,5-6H2,1-2H3. The number of aromatic nitrogens is 4. The normalized spacial score (nSPS) is 10.4. The van der Waals surface area contributed by atoms with Gasteiger partial charge in [0, 0.05) is 12.5 Å². The molecule has 18 heavy (non-hydrogen) atoms. The van der Waals surface area contributed by atoms with Crippen LogP contribution in [0.4, 0.5) is 0 Å². The fraction of sp³-hybridized carbons (Fsp3) is 0.364. The maximum Gasteiger partial charge on any atom is 0.177 e. The summed E-state index contributed by atoms with van der Waals surface area (Å²) in [5, 5.41) is 20.7. The number of tetrazole rings is 1. The van der Waals surface area contributed by atoms with E-state index >= 15 is 0 Å². The van der Waals surface area contributed by atoms with Crippen molar-refractivity contribution in [1.82, 2.24) is 20.2 Å². The van der Waals surface area contributed by atoms with Gasteiger partial charge in [-0.15, -0.1) is 15.0 Å². The highest BCUT2D eigenvalue weighted by Crippen LogP contribution is 2.28. The molecule has 0 aliphatic heterocycles. The Balaban J connectivity index is 2.31. The zero-order valence-corrected chi connectivity index (χ0v) is 10.2. The van der Waals surface area contributed by atoms with Crippen LogP contribution in [0.2, 0.25) is 0 Å². The number of aliphatic hydroxyl groups excluding tert-OH is 1. The van der Waals surface area contributed by atoms with Gasteiger partial charge in [-0.2, -0.15) is 0 Å². The van der Waals surface area contributed by atoms with Crippen LogP contribution >= 0.6 is 0 Å². The molecular formula is C11H14N4O3. The van der Waals surface area contributed by atoms with Crippen molar-refractivity contribution < 1.29 is 14.6 Å². The first-order chi connectivity index (χ1) is 8.78. The molecule has 1 aromatic carbocycles. The van der Waals surface area contributed by atoms with Crippen molar-refractivity contribution >= 4 is 0 Å². The lowest BCUT2D eigenvalue weighted by atomic mass is 10.3. The first-order valence-corrected chi connectivity index (χ1v) is 5.40. The second-order valence-corrected chi connectivity index (χ2v) is 3.51. The number of benzene rings is 1. The van der Waals surface area contributed by atoms with Gasteiger partial charge < -0.3 is 14.6 Å². The Bertz CT molecular complexity index is 527. The molecule has 2 aromatic rings. The Labute approximate surface area is 104 Å². The molecule has 7 heteroatoms. The monoisotopic (exact) mass is 250 g/mol. The summed E-state index contributed by atoms with van der Waals surface area (Å²) < 4.78 is 10.3. The molecular weight excluding hydrogens is 236 g/mol. The minimum atomic E-state index is -0.00235. The van der Waals surface area contributed by atoms with Crippen LogP contribution in [0.25, 0.3) is 5.69 Å². The van der Waals surface area contributed by atoms with E-state index < -0.39 is 0 Å². The third-order valence-corrected chi connectivity index (χ3v) is 2.39. The third-order valence-electron chi connectivity index (χ3n) is 2.39.